The molecule has 0 unspecified atom stereocenters. The average Bonchev–Trinajstić information content (AvgIpc) is 1.65. The van der Waals surface area contributed by atoms with Crippen LogP contribution >= 0.6 is 0 Å². The van der Waals surface area contributed by atoms with E-state index in [4.69, 9.17) is 10.4 Å². The van der Waals surface area contributed by atoms with Gasteiger partial charge >= 0.3 is 5.95 Å². The summed E-state index contributed by atoms with van der Waals surface area (Å²) in [7, 11) is 0. The van der Waals surface area contributed by atoms with Crippen molar-refractivity contribution in [2.75, 3.05) is 5.48 Å². The lowest BCUT2D eigenvalue weighted by molar-refractivity contribution is -0.0682. The van der Waals surface area contributed by atoms with Gasteiger partial charge in [0.25, 0.3) is 0 Å². The Morgan fingerprint density at radius 2 is 2.57 bits per heavy atom. The molecule has 0 fully saturated rings. The van der Waals surface area contributed by atoms with E-state index >= 15 is 0 Å². The third-order valence-electron chi connectivity index (χ3n) is 0.486. The molecule has 0 aliphatic rings. The monoisotopic (exact) mass is 105 g/mol. The standard InChI is InChI=1S/CH3N3O3/c5-2-1-3-7-4(1)6/h5-6H,(H,2,3). The normalized spacial score (nSPS) is 9.29. The van der Waals surface area contributed by atoms with Gasteiger partial charge < -0.3 is 5.21 Å². The van der Waals surface area contributed by atoms with Gasteiger partial charge in [0.05, 0.1) is 0 Å². The first-order valence-corrected chi connectivity index (χ1v) is 1.49. The Balaban J connectivity index is 2.66. The maximum atomic E-state index is 8.17. The number of nitrogens with one attached hydrogen (secondary N) is 1. The number of hydrogen-bond acceptors (Lipinski definition) is 5. The Bertz CT molecular complexity index is 143. The fourth-order valence-electron chi connectivity index (χ4n) is 0.181. The van der Waals surface area contributed by atoms with E-state index in [9.17, 15) is 0 Å². The number of nitrogens with zero attached hydrogens (tertiary/aromatic N) is 2. The first-order chi connectivity index (χ1) is 3.34. The van der Waals surface area contributed by atoms with Gasteiger partial charge in [-0.2, -0.15) is 0 Å². The largest absolute Gasteiger partial charge is 0.396 e. The Morgan fingerprint density at radius 1 is 1.86 bits per heavy atom. The molecule has 0 aliphatic carbocycles. The molecule has 0 saturated heterocycles. The molecule has 1 heterocycles. The zero-order chi connectivity index (χ0) is 5.28. The van der Waals surface area contributed by atoms with Crippen molar-refractivity contribution in [3.05, 3.63) is 0 Å². The average molecular weight is 105 g/mol. The molecule has 1 aromatic rings. The lowest BCUT2D eigenvalue weighted by Gasteiger charge is -2.00. The van der Waals surface area contributed by atoms with E-state index in [0.29, 0.717) is 4.90 Å². The predicted molar refractivity (Wildman–Crippen MR) is 17.1 cm³/mol. The lowest BCUT2D eigenvalue weighted by Crippen LogP contribution is -2.09. The van der Waals surface area contributed by atoms with E-state index in [1.54, 1.807) is 5.48 Å². The van der Waals surface area contributed by atoms with Crippen molar-refractivity contribution >= 4 is 5.95 Å². The van der Waals surface area contributed by atoms with Crippen LogP contribution in [-0.4, -0.2) is 20.5 Å². The van der Waals surface area contributed by atoms with Crippen LogP contribution in [0.3, 0.4) is 0 Å². The van der Waals surface area contributed by atoms with Gasteiger partial charge in [0.15, 0.2) is 0 Å². The van der Waals surface area contributed by atoms with Crippen LogP contribution in [0.2, 0.25) is 0 Å². The summed E-state index contributed by atoms with van der Waals surface area (Å²) < 4.78 is 3.89. The number of anilines is 1. The zero-order valence-electron chi connectivity index (χ0n) is 3.20. The van der Waals surface area contributed by atoms with Crippen LogP contribution in [0.4, 0.5) is 5.95 Å². The summed E-state index contributed by atoms with van der Waals surface area (Å²) in [5.74, 6) is -0.125. The van der Waals surface area contributed by atoms with E-state index < -0.39 is 0 Å². The fraction of sp³-hybridized carbons (Fsp3) is 0. The van der Waals surface area contributed by atoms with Crippen molar-refractivity contribution in [3.63, 3.8) is 0 Å². The van der Waals surface area contributed by atoms with E-state index in [2.05, 4.69) is 9.79 Å². The molecule has 3 N–H and O–H groups in total. The first kappa shape index (κ1) is 4.00. The summed E-state index contributed by atoms with van der Waals surface area (Å²) in [5.41, 5.74) is 1.55. The van der Waals surface area contributed by atoms with Crippen LogP contribution in [0.5, 0.6) is 0 Å². The van der Waals surface area contributed by atoms with Crippen molar-refractivity contribution in [3.8, 4) is 0 Å². The number of rotatable bonds is 1. The van der Waals surface area contributed by atoms with Crippen molar-refractivity contribution in [2.24, 2.45) is 0 Å². The third kappa shape index (κ3) is 0.400. The second-order valence-corrected chi connectivity index (χ2v) is 0.881. The van der Waals surface area contributed by atoms with E-state index in [-0.39, 0.29) is 5.95 Å². The van der Waals surface area contributed by atoms with Gasteiger partial charge in [-0.1, -0.05) is 0 Å². The third-order valence-corrected chi connectivity index (χ3v) is 0.486. The van der Waals surface area contributed by atoms with Crippen LogP contribution in [0.15, 0.2) is 4.63 Å². The van der Waals surface area contributed by atoms with Gasteiger partial charge in [-0.05, 0) is 5.16 Å². The van der Waals surface area contributed by atoms with Gasteiger partial charge in [0.1, 0.15) is 0 Å². The summed E-state index contributed by atoms with van der Waals surface area (Å²) in [6.07, 6.45) is 0. The molecule has 0 spiro atoms. The first-order valence-electron chi connectivity index (χ1n) is 1.49. The van der Waals surface area contributed by atoms with Crippen LogP contribution in [-0.2, 0) is 0 Å². The molecule has 6 nitrogen and oxygen atoms in total. The molecule has 0 bridgehead atoms. The minimum atomic E-state index is -0.125. The van der Waals surface area contributed by atoms with Gasteiger partial charge in [0.2, 0.25) is 0 Å². The quantitative estimate of drug-likeness (QED) is 0.331. The molecule has 0 aromatic carbocycles. The second kappa shape index (κ2) is 1.16. The minimum absolute atomic E-state index is 0.125. The van der Waals surface area contributed by atoms with E-state index in [0.717, 1.165) is 0 Å². The maximum absolute atomic E-state index is 8.17. The summed E-state index contributed by atoms with van der Waals surface area (Å²) in [4.78, 5) is 0.292. The smallest absolute Gasteiger partial charge is 0.339 e. The molecule has 40 valence electrons. The molecular weight excluding hydrogens is 102 g/mol. The van der Waals surface area contributed by atoms with Crippen LogP contribution in [0, 0.1) is 0 Å². The molecular formula is CH3N3O3. The molecule has 1 aromatic heterocycles. The van der Waals surface area contributed by atoms with Crippen LogP contribution in [0.1, 0.15) is 0 Å². The maximum Gasteiger partial charge on any atom is 0.339 e. The second-order valence-electron chi connectivity index (χ2n) is 0.881. The fourth-order valence-corrected chi connectivity index (χ4v) is 0.181. The Morgan fingerprint density at radius 3 is 2.57 bits per heavy atom. The zero-order valence-corrected chi connectivity index (χ0v) is 3.20. The van der Waals surface area contributed by atoms with Crippen molar-refractivity contribution in [1.29, 1.82) is 0 Å². The summed E-state index contributed by atoms with van der Waals surface area (Å²) >= 11 is 0. The van der Waals surface area contributed by atoms with Crippen molar-refractivity contribution in [2.45, 2.75) is 0 Å². The highest BCUT2D eigenvalue weighted by Gasteiger charge is 2.02. The predicted octanol–water partition coefficient (Wildman–Crippen LogP) is -0.486. The SMILES string of the molecule is ONc1non1O. The van der Waals surface area contributed by atoms with Gasteiger partial charge in [-0.25, -0.2) is 10.1 Å². The van der Waals surface area contributed by atoms with Gasteiger partial charge in [-0.15, -0.1) is 0 Å². The molecule has 0 amide bonds. The Hall–Kier alpha value is -1.17. The highest BCUT2D eigenvalue weighted by atomic mass is 16.8. The highest BCUT2D eigenvalue weighted by Crippen LogP contribution is 1.97. The summed E-state index contributed by atoms with van der Waals surface area (Å²) in [6.45, 7) is 0. The van der Waals surface area contributed by atoms with Crippen LogP contribution in [0.25, 0.3) is 0 Å². The number of hydrogen-bond donors (Lipinski definition) is 3. The van der Waals surface area contributed by atoms with Crippen molar-refractivity contribution < 1.29 is 15.0 Å². The van der Waals surface area contributed by atoms with E-state index in [1.807, 2.05) is 0 Å². The highest BCUT2D eigenvalue weighted by molar-refractivity contribution is 5.13. The molecule has 0 atom stereocenters. The minimum Gasteiger partial charge on any atom is -0.396 e. The molecule has 0 radical (unpaired) electrons. The lowest BCUT2D eigenvalue weighted by atomic mass is 11.1. The van der Waals surface area contributed by atoms with Gasteiger partial charge in [-0.3, -0.25) is 5.21 Å². The van der Waals surface area contributed by atoms with Gasteiger partial charge in [0, 0.05) is 4.90 Å². The molecule has 7 heavy (non-hydrogen) atoms. The van der Waals surface area contributed by atoms with E-state index in [1.165, 1.54) is 0 Å². The summed E-state index contributed by atoms with van der Waals surface area (Å²) in [6, 6.07) is 0. The van der Waals surface area contributed by atoms with Crippen LogP contribution < -0.4 is 5.48 Å². The molecule has 1 rings (SSSR count). The molecule has 0 aliphatic heterocycles. The number of aromatic nitrogens is 2. The Kier molecular flexibility index (Phi) is 0.661. The molecule has 6 heteroatoms. The molecule has 0 saturated carbocycles. The van der Waals surface area contributed by atoms with Crippen molar-refractivity contribution in [1.82, 2.24) is 10.1 Å². The summed E-state index contributed by atoms with van der Waals surface area (Å²) in [5, 5.41) is 19.1. The Labute approximate surface area is 37.8 Å². The topological polar surface area (TPSA) is 83.5 Å².